The molecule has 0 saturated carbocycles. The van der Waals surface area contributed by atoms with Crippen LogP contribution in [0.3, 0.4) is 0 Å². The molecule has 1 aliphatic heterocycles. The number of fused-ring (bicyclic) bond motifs is 1. The van der Waals surface area contributed by atoms with Crippen LogP contribution in [0.5, 0.6) is 0 Å². The van der Waals surface area contributed by atoms with Crippen LogP contribution in [0, 0.1) is 0 Å². The number of nitrogens with zero attached hydrogens (tertiary/aromatic N) is 2. The average Bonchev–Trinajstić information content (AvgIpc) is 3.20. The number of hydrogen-bond donors (Lipinski definition) is 0. The summed E-state index contributed by atoms with van der Waals surface area (Å²) in [7, 11) is -1.47. The summed E-state index contributed by atoms with van der Waals surface area (Å²) >= 11 is 1.63. The molecular weight excluding hydrogens is 344 g/mol. The second kappa shape index (κ2) is 6.22. The molecular formula is C17H20N2O3S2. The molecule has 1 amide bonds. The number of amides is 1. The first kappa shape index (κ1) is 17.0. The van der Waals surface area contributed by atoms with E-state index in [0.717, 1.165) is 10.4 Å². The van der Waals surface area contributed by atoms with Gasteiger partial charge in [-0.15, -0.1) is 11.3 Å². The zero-order chi connectivity index (χ0) is 17.5. The van der Waals surface area contributed by atoms with Gasteiger partial charge in [-0.1, -0.05) is 6.07 Å². The smallest absolute Gasteiger partial charge is 0.254 e. The molecule has 128 valence electrons. The van der Waals surface area contributed by atoms with Gasteiger partial charge in [0.05, 0.1) is 18.0 Å². The van der Waals surface area contributed by atoms with Gasteiger partial charge in [0.15, 0.2) is 0 Å². The van der Waals surface area contributed by atoms with Gasteiger partial charge in [-0.3, -0.25) is 9.10 Å². The van der Waals surface area contributed by atoms with Gasteiger partial charge in [0, 0.05) is 24.0 Å². The minimum atomic E-state index is -3.27. The summed E-state index contributed by atoms with van der Waals surface area (Å²) in [6, 6.07) is 9.26. The van der Waals surface area contributed by atoms with Crippen LogP contribution >= 0.6 is 11.3 Å². The topological polar surface area (TPSA) is 57.7 Å². The zero-order valence-corrected chi connectivity index (χ0v) is 15.5. The van der Waals surface area contributed by atoms with Gasteiger partial charge in [-0.05, 0) is 48.6 Å². The van der Waals surface area contributed by atoms with Crippen LogP contribution in [0.25, 0.3) is 0 Å². The number of sulfonamides is 1. The molecule has 0 spiro atoms. The molecule has 0 fully saturated rings. The van der Waals surface area contributed by atoms with Crippen LogP contribution in [0.15, 0.2) is 35.7 Å². The van der Waals surface area contributed by atoms with Crippen molar-refractivity contribution in [1.29, 1.82) is 0 Å². The maximum Gasteiger partial charge on any atom is 0.254 e. The summed E-state index contributed by atoms with van der Waals surface area (Å²) in [5.41, 5.74) is 2.18. The van der Waals surface area contributed by atoms with E-state index < -0.39 is 10.0 Å². The molecule has 3 rings (SSSR count). The maximum absolute atomic E-state index is 12.8. The lowest BCUT2D eigenvalue weighted by Gasteiger charge is -2.24. The third kappa shape index (κ3) is 3.06. The van der Waals surface area contributed by atoms with Crippen molar-refractivity contribution in [3.63, 3.8) is 0 Å². The molecule has 0 radical (unpaired) electrons. The summed E-state index contributed by atoms with van der Waals surface area (Å²) < 4.78 is 25.0. The van der Waals surface area contributed by atoms with Crippen molar-refractivity contribution in [2.75, 3.05) is 24.2 Å². The average molecular weight is 364 g/mol. The Morgan fingerprint density at radius 3 is 2.71 bits per heavy atom. The van der Waals surface area contributed by atoms with Crippen LogP contribution in [-0.2, 0) is 16.4 Å². The zero-order valence-electron chi connectivity index (χ0n) is 13.9. The van der Waals surface area contributed by atoms with Crippen molar-refractivity contribution in [1.82, 2.24) is 4.90 Å². The molecule has 1 atom stereocenters. The lowest BCUT2D eigenvalue weighted by molar-refractivity contribution is 0.0745. The highest BCUT2D eigenvalue weighted by Gasteiger charge is 2.27. The van der Waals surface area contributed by atoms with E-state index in [1.807, 2.05) is 30.5 Å². The van der Waals surface area contributed by atoms with Gasteiger partial charge in [0.2, 0.25) is 10.0 Å². The van der Waals surface area contributed by atoms with Crippen molar-refractivity contribution in [3.05, 3.63) is 51.7 Å². The summed E-state index contributed by atoms with van der Waals surface area (Å²) in [5.74, 6) is -0.0588. The van der Waals surface area contributed by atoms with Gasteiger partial charge in [-0.25, -0.2) is 8.42 Å². The molecule has 24 heavy (non-hydrogen) atoms. The van der Waals surface area contributed by atoms with Crippen LogP contribution in [0.2, 0.25) is 0 Å². The van der Waals surface area contributed by atoms with Gasteiger partial charge in [-0.2, -0.15) is 0 Å². The highest BCUT2D eigenvalue weighted by atomic mass is 32.2. The molecule has 1 aliphatic rings. The van der Waals surface area contributed by atoms with Gasteiger partial charge in [0.25, 0.3) is 5.91 Å². The van der Waals surface area contributed by atoms with Crippen LogP contribution in [0.1, 0.15) is 33.8 Å². The van der Waals surface area contributed by atoms with Crippen LogP contribution in [-0.4, -0.2) is 39.1 Å². The normalized spacial score (nSPS) is 15.2. The lowest BCUT2D eigenvalue weighted by atomic mass is 10.1. The summed E-state index contributed by atoms with van der Waals surface area (Å²) in [6.07, 6.45) is 1.84. The highest BCUT2D eigenvalue weighted by Crippen LogP contribution is 2.32. The second-order valence-corrected chi connectivity index (χ2v) is 8.92. The Hall–Kier alpha value is -1.86. The monoisotopic (exact) mass is 364 g/mol. The van der Waals surface area contributed by atoms with E-state index in [4.69, 9.17) is 0 Å². The van der Waals surface area contributed by atoms with Crippen LogP contribution < -0.4 is 4.31 Å². The number of thiophene rings is 1. The van der Waals surface area contributed by atoms with E-state index in [0.29, 0.717) is 24.2 Å². The molecule has 0 N–H and O–H groups in total. The summed E-state index contributed by atoms with van der Waals surface area (Å²) in [4.78, 5) is 15.6. The Bertz CT molecular complexity index is 860. The van der Waals surface area contributed by atoms with E-state index in [9.17, 15) is 13.2 Å². The third-order valence-corrected chi connectivity index (χ3v) is 6.66. The number of carbonyl (C=O) groups is 1. The van der Waals surface area contributed by atoms with Crippen molar-refractivity contribution >= 4 is 33.0 Å². The number of carbonyl (C=O) groups excluding carboxylic acids is 1. The molecule has 2 heterocycles. The molecule has 0 aliphatic carbocycles. The number of hydrogen-bond acceptors (Lipinski definition) is 4. The Kier molecular flexibility index (Phi) is 4.40. The highest BCUT2D eigenvalue weighted by molar-refractivity contribution is 7.92. The molecule has 1 aromatic heterocycles. The Balaban J connectivity index is 1.85. The molecule has 1 unspecified atom stereocenters. The fraction of sp³-hybridized carbons (Fsp3) is 0.353. The van der Waals surface area contributed by atoms with E-state index in [2.05, 4.69) is 0 Å². The second-order valence-electron chi connectivity index (χ2n) is 6.04. The molecule has 0 bridgehead atoms. The SMILES string of the molecule is CC(c1cccs1)N(C)C(=O)c1ccc2c(c1)CCN2S(C)(=O)=O. The quantitative estimate of drug-likeness (QED) is 0.838. The third-order valence-electron chi connectivity index (χ3n) is 4.44. The fourth-order valence-electron chi connectivity index (χ4n) is 2.95. The lowest BCUT2D eigenvalue weighted by Crippen LogP contribution is -2.29. The Morgan fingerprint density at radius 2 is 2.08 bits per heavy atom. The van der Waals surface area contributed by atoms with E-state index >= 15 is 0 Å². The van der Waals surface area contributed by atoms with Gasteiger partial charge >= 0.3 is 0 Å². The number of rotatable bonds is 4. The van der Waals surface area contributed by atoms with E-state index in [1.54, 1.807) is 35.4 Å². The minimum Gasteiger partial charge on any atom is -0.334 e. The summed E-state index contributed by atoms with van der Waals surface area (Å²) in [6.45, 7) is 2.44. The first-order valence-corrected chi connectivity index (χ1v) is 10.4. The molecule has 5 nitrogen and oxygen atoms in total. The Labute approximate surface area is 146 Å². The fourth-order valence-corrected chi connectivity index (χ4v) is 4.73. The predicted octanol–water partition coefficient (Wildman–Crippen LogP) is 2.90. The van der Waals surface area contributed by atoms with Crippen molar-refractivity contribution in [3.8, 4) is 0 Å². The standard InChI is InChI=1S/C17H20N2O3S2/c1-12(16-5-4-10-23-16)18(2)17(20)14-6-7-15-13(11-14)8-9-19(15)24(3,21)22/h4-7,10-12H,8-9H2,1-3H3. The number of benzene rings is 1. The Morgan fingerprint density at radius 1 is 1.33 bits per heavy atom. The molecule has 1 aromatic carbocycles. The van der Waals surface area contributed by atoms with Crippen molar-refractivity contribution < 1.29 is 13.2 Å². The van der Waals surface area contributed by atoms with Crippen LogP contribution in [0.4, 0.5) is 5.69 Å². The largest absolute Gasteiger partial charge is 0.334 e. The minimum absolute atomic E-state index is 0.00160. The maximum atomic E-state index is 12.8. The first-order valence-electron chi connectivity index (χ1n) is 7.70. The molecule has 0 saturated heterocycles. The number of anilines is 1. The van der Waals surface area contributed by atoms with Crippen molar-refractivity contribution in [2.24, 2.45) is 0 Å². The van der Waals surface area contributed by atoms with Gasteiger partial charge in [0.1, 0.15) is 0 Å². The van der Waals surface area contributed by atoms with E-state index in [-0.39, 0.29) is 11.9 Å². The van der Waals surface area contributed by atoms with Crippen molar-refractivity contribution in [2.45, 2.75) is 19.4 Å². The summed E-state index contributed by atoms with van der Waals surface area (Å²) in [5, 5.41) is 2.00. The predicted molar refractivity (Wildman–Crippen MR) is 97.2 cm³/mol. The van der Waals surface area contributed by atoms with Gasteiger partial charge < -0.3 is 4.90 Å². The molecule has 2 aromatic rings. The van der Waals surface area contributed by atoms with E-state index in [1.165, 1.54) is 10.6 Å². The molecule has 7 heteroatoms. The first-order chi connectivity index (χ1) is 11.3.